The number of nitrogens with one attached hydrogen (secondary N) is 1. The smallest absolute Gasteiger partial charge is 0.317 e. The molecule has 1 fully saturated rings. The predicted molar refractivity (Wildman–Crippen MR) is 75.6 cm³/mol. The molecule has 2 amide bonds. The molecule has 1 rings (SSSR count). The van der Waals surface area contributed by atoms with Gasteiger partial charge in [0.2, 0.25) is 0 Å². The molecule has 0 aromatic carbocycles. The molecule has 0 saturated carbocycles. The van der Waals surface area contributed by atoms with E-state index in [2.05, 4.69) is 12.2 Å². The summed E-state index contributed by atoms with van der Waals surface area (Å²) in [6, 6.07) is -0.465. The van der Waals surface area contributed by atoms with Crippen molar-refractivity contribution in [1.82, 2.24) is 10.2 Å². The SMILES string of the molecule is CCCC(C)NC(=O)N(CCC)C1COCC1C(=O)O. The Kier molecular flexibility index (Phi) is 6.78. The Balaban J connectivity index is 2.72. The van der Waals surface area contributed by atoms with Gasteiger partial charge in [-0.3, -0.25) is 4.79 Å². The van der Waals surface area contributed by atoms with E-state index < -0.39 is 11.9 Å². The lowest BCUT2D eigenvalue weighted by Gasteiger charge is -2.31. The van der Waals surface area contributed by atoms with Gasteiger partial charge in [0.05, 0.1) is 19.3 Å². The molecule has 116 valence electrons. The van der Waals surface area contributed by atoms with Gasteiger partial charge in [-0.05, 0) is 19.8 Å². The third kappa shape index (κ3) is 4.37. The van der Waals surface area contributed by atoms with Gasteiger partial charge in [-0.15, -0.1) is 0 Å². The Morgan fingerprint density at radius 3 is 2.60 bits per heavy atom. The van der Waals surface area contributed by atoms with Crippen LogP contribution in [-0.2, 0) is 9.53 Å². The van der Waals surface area contributed by atoms with Crippen LogP contribution in [0.15, 0.2) is 0 Å². The Bertz CT molecular complexity index is 335. The largest absolute Gasteiger partial charge is 0.481 e. The molecule has 0 aliphatic carbocycles. The van der Waals surface area contributed by atoms with Crippen molar-refractivity contribution in [2.24, 2.45) is 5.92 Å². The summed E-state index contributed by atoms with van der Waals surface area (Å²) in [6.07, 6.45) is 2.70. The second kappa shape index (κ2) is 8.09. The first-order valence-electron chi connectivity index (χ1n) is 7.38. The molecule has 6 nitrogen and oxygen atoms in total. The summed E-state index contributed by atoms with van der Waals surface area (Å²) in [7, 11) is 0. The van der Waals surface area contributed by atoms with Gasteiger partial charge in [0.1, 0.15) is 5.92 Å². The predicted octanol–water partition coefficient (Wildman–Crippen LogP) is 1.70. The molecule has 20 heavy (non-hydrogen) atoms. The van der Waals surface area contributed by atoms with E-state index in [-0.39, 0.29) is 24.7 Å². The molecule has 3 atom stereocenters. The van der Waals surface area contributed by atoms with Crippen molar-refractivity contribution < 1.29 is 19.4 Å². The molecule has 0 bridgehead atoms. The van der Waals surface area contributed by atoms with E-state index in [4.69, 9.17) is 4.74 Å². The number of carboxylic acid groups (broad SMARTS) is 1. The summed E-state index contributed by atoms with van der Waals surface area (Å²) in [5.74, 6) is -1.53. The summed E-state index contributed by atoms with van der Waals surface area (Å²) >= 11 is 0. The number of urea groups is 1. The minimum Gasteiger partial charge on any atom is -0.481 e. The van der Waals surface area contributed by atoms with Crippen LogP contribution in [0.1, 0.15) is 40.0 Å². The number of carboxylic acids is 1. The average molecular weight is 286 g/mol. The lowest BCUT2D eigenvalue weighted by molar-refractivity contribution is -0.142. The minimum absolute atomic E-state index is 0.0949. The van der Waals surface area contributed by atoms with Gasteiger partial charge in [-0.2, -0.15) is 0 Å². The topological polar surface area (TPSA) is 78.9 Å². The van der Waals surface area contributed by atoms with Crippen molar-refractivity contribution in [1.29, 1.82) is 0 Å². The number of aliphatic carboxylic acids is 1. The normalized spacial score (nSPS) is 23.4. The number of carbonyl (C=O) groups is 2. The summed E-state index contributed by atoms with van der Waals surface area (Å²) in [5.41, 5.74) is 0. The first-order chi connectivity index (χ1) is 9.51. The van der Waals surface area contributed by atoms with Crippen LogP contribution in [0.4, 0.5) is 4.79 Å². The highest BCUT2D eigenvalue weighted by Crippen LogP contribution is 2.20. The third-order valence-corrected chi connectivity index (χ3v) is 3.58. The van der Waals surface area contributed by atoms with E-state index in [0.717, 1.165) is 19.3 Å². The van der Waals surface area contributed by atoms with Crippen LogP contribution >= 0.6 is 0 Å². The summed E-state index contributed by atoms with van der Waals surface area (Å²) in [5, 5.41) is 12.2. The highest BCUT2D eigenvalue weighted by atomic mass is 16.5. The monoisotopic (exact) mass is 286 g/mol. The molecule has 2 N–H and O–H groups in total. The number of nitrogens with zero attached hydrogens (tertiary/aromatic N) is 1. The van der Waals surface area contributed by atoms with E-state index in [0.29, 0.717) is 13.2 Å². The molecule has 6 heteroatoms. The van der Waals surface area contributed by atoms with Gasteiger partial charge in [0.15, 0.2) is 0 Å². The molecule has 0 spiro atoms. The van der Waals surface area contributed by atoms with Crippen LogP contribution in [0.3, 0.4) is 0 Å². The van der Waals surface area contributed by atoms with Gasteiger partial charge in [-0.1, -0.05) is 20.3 Å². The highest BCUT2D eigenvalue weighted by Gasteiger charge is 2.39. The molecule has 0 aromatic rings. The van der Waals surface area contributed by atoms with Crippen molar-refractivity contribution in [3.63, 3.8) is 0 Å². The van der Waals surface area contributed by atoms with E-state index in [1.807, 2.05) is 13.8 Å². The maximum absolute atomic E-state index is 12.3. The second-order valence-electron chi connectivity index (χ2n) is 5.38. The van der Waals surface area contributed by atoms with E-state index in [1.165, 1.54) is 0 Å². The molecule has 1 saturated heterocycles. The molecular formula is C14H26N2O4. The van der Waals surface area contributed by atoms with Crippen LogP contribution in [0.25, 0.3) is 0 Å². The molecule has 1 aliphatic heterocycles. The molecule has 1 aliphatic rings. The number of rotatable bonds is 7. The number of carbonyl (C=O) groups excluding carboxylic acids is 1. The maximum Gasteiger partial charge on any atom is 0.317 e. The van der Waals surface area contributed by atoms with Gasteiger partial charge < -0.3 is 20.1 Å². The van der Waals surface area contributed by atoms with Crippen molar-refractivity contribution in [2.45, 2.75) is 52.1 Å². The van der Waals surface area contributed by atoms with Crippen molar-refractivity contribution in [3.8, 4) is 0 Å². The average Bonchev–Trinajstić information content (AvgIpc) is 2.84. The van der Waals surface area contributed by atoms with Crippen molar-refractivity contribution >= 4 is 12.0 Å². The fourth-order valence-corrected chi connectivity index (χ4v) is 2.54. The Labute approximate surface area is 120 Å². The lowest BCUT2D eigenvalue weighted by atomic mass is 10.0. The van der Waals surface area contributed by atoms with Crippen LogP contribution in [-0.4, -0.2) is 53.8 Å². The summed E-state index contributed by atoms with van der Waals surface area (Å²) in [4.78, 5) is 25.2. The zero-order valence-electron chi connectivity index (χ0n) is 12.6. The fourth-order valence-electron chi connectivity index (χ4n) is 2.54. The maximum atomic E-state index is 12.3. The van der Waals surface area contributed by atoms with Crippen LogP contribution < -0.4 is 5.32 Å². The Morgan fingerprint density at radius 2 is 2.05 bits per heavy atom. The van der Waals surface area contributed by atoms with Gasteiger partial charge in [-0.25, -0.2) is 4.79 Å². The molecule has 3 unspecified atom stereocenters. The van der Waals surface area contributed by atoms with Gasteiger partial charge in [0.25, 0.3) is 0 Å². The second-order valence-corrected chi connectivity index (χ2v) is 5.38. The number of amides is 2. The quantitative estimate of drug-likeness (QED) is 0.746. The Hall–Kier alpha value is -1.30. The first kappa shape index (κ1) is 16.8. The Morgan fingerprint density at radius 1 is 1.35 bits per heavy atom. The minimum atomic E-state index is -0.900. The van der Waals surface area contributed by atoms with Crippen LogP contribution in [0.2, 0.25) is 0 Å². The lowest BCUT2D eigenvalue weighted by Crippen LogP contribution is -2.52. The van der Waals surface area contributed by atoms with Gasteiger partial charge >= 0.3 is 12.0 Å². The van der Waals surface area contributed by atoms with E-state index in [1.54, 1.807) is 4.90 Å². The summed E-state index contributed by atoms with van der Waals surface area (Å²) < 4.78 is 5.26. The first-order valence-corrected chi connectivity index (χ1v) is 7.38. The number of ether oxygens (including phenoxy) is 1. The van der Waals surface area contributed by atoms with Crippen molar-refractivity contribution in [2.75, 3.05) is 19.8 Å². The fraction of sp³-hybridized carbons (Fsp3) is 0.857. The van der Waals surface area contributed by atoms with Crippen LogP contribution in [0.5, 0.6) is 0 Å². The third-order valence-electron chi connectivity index (χ3n) is 3.58. The van der Waals surface area contributed by atoms with E-state index in [9.17, 15) is 14.7 Å². The molecule has 1 heterocycles. The van der Waals surface area contributed by atoms with E-state index >= 15 is 0 Å². The van der Waals surface area contributed by atoms with Crippen LogP contribution in [0, 0.1) is 5.92 Å². The van der Waals surface area contributed by atoms with Gasteiger partial charge in [0, 0.05) is 12.6 Å². The molecule has 0 aromatic heterocycles. The summed E-state index contributed by atoms with van der Waals surface area (Å²) in [6.45, 7) is 7.03. The van der Waals surface area contributed by atoms with Crippen molar-refractivity contribution in [3.05, 3.63) is 0 Å². The highest BCUT2D eigenvalue weighted by molar-refractivity contribution is 5.77. The zero-order chi connectivity index (χ0) is 15.1. The zero-order valence-corrected chi connectivity index (χ0v) is 12.6. The molecular weight excluding hydrogens is 260 g/mol. The molecule has 0 radical (unpaired) electrons. The standard InChI is InChI=1S/C14H26N2O4/c1-4-6-10(3)15-14(19)16(7-5-2)12-9-20-8-11(12)13(17)18/h10-12H,4-9H2,1-3H3,(H,15,19)(H,17,18). The number of hydrogen-bond acceptors (Lipinski definition) is 3. The number of hydrogen-bond donors (Lipinski definition) is 2.